The van der Waals surface area contributed by atoms with Crippen molar-refractivity contribution in [2.45, 2.75) is 6.92 Å². The van der Waals surface area contributed by atoms with Crippen molar-refractivity contribution in [2.24, 2.45) is 0 Å². The van der Waals surface area contributed by atoms with Crippen LogP contribution in [0.3, 0.4) is 0 Å². The van der Waals surface area contributed by atoms with Gasteiger partial charge >= 0.3 is 0 Å². The Hall–Kier alpha value is -1.16. The van der Waals surface area contributed by atoms with Crippen molar-refractivity contribution >= 4 is 38.9 Å². The quantitative estimate of drug-likeness (QED) is 0.527. The van der Waals surface area contributed by atoms with Gasteiger partial charge in [-0.3, -0.25) is 0 Å². The Morgan fingerprint density at radius 1 is 1.05 bits per heavy atom. The molecular formula is C16H11BrClNS. The van der Waals surface area contributed by atoms with Crippen molar-refractivity contribution < 1.29 is 0 Å². The van der Waals surface area contributed by atoms with Crippen molar-refractivity contribution in [3.05, 3.63) is 62.9 Å². The maximum Gasteiger partial charge on any atom is 0.124 e. The molecule has 0 aliphatic rings. The van der Waals surface area contributed by atoms with E-state index in [1.807, 2.05) is 36.4 Å². The smallest absolute Gasteiger partial charge is 0.124 e. The lowest BCUT2D eigenvalue weighted by atomic mass is 10.1. The lowest BCUT2D eigenvalue weighted by Gasteiger charge is -1.99. The number of halogens is 2. The van der Waals surface area contributed by atoms with Gasteiger partial charge in [0.25, 0.3) is 0 Å². The zero-order valence-electron chi connectivity index (χ0n) is 10.7. The van der Waals surface area contributed by atoms with Crippen LogP contribution in [0.4, 0.5) is 0 Å². The molecule has 0 aliphatic carbocycles. The van der Waals surface area contributed by atoms with Crippen molar-refractivity contribution in [3.8, 4) is 21.8 Å². The largest absolute Gasteiger partial charge is 0.236 e. The number of rotatable bonds is 2. The summed E-state index contributed by atoms with van der Waals surface area (Å²) in [5.41, 5.74) is 3.26. The third-order valence-corrected chi connectivity index (χ3v) is 4.75. The molecule has 0 saturated carbocycles. The van der Waals surface area contributed by atoms with Gasteiger partial charge in [0.15, 0.2) is 0 Å². The van der Waals surface area contributed by atoms with Crippen LogP contribution in [0, 0.1) is 6.92 Å². The highest BCUT2D eigenvalue weighted by molar-refractivity contribution is 9.10. The average molecular weight is 365 g/mol. The molecule has 1 nitrogen and oxygen atoms in total. The summed E-state index contributed by atoms with van der Waals surface area (Å²) in [4.78, 5) is 5.99. The Balaban J connectivity index is 2.05. The molecule has 0 saturated heterocycles. The van der Waals surface area contributed by atoms with E-state index < -0.39 is 0 Å². The molecule has 1 heterocycles. The van der Waals surface area contributed by atoms with E-state index in [0.717, 1.165) is 31.3 Å². The van der Waals surface area contributed by atoms with E-state index in [2.05, 4.69) is 35.0 Å². The third kappa shape index (κ3) is 2.80. The highest BCUT2D eigenvalue weighted by Crippen LogP contribution is 2.34. The fraction of sp³-hybridized carbons (Fsp3) is 0.0625. The lowest BCUT2D eigenvalue weighted by Crippen LogP contribution is -1.81. The molecule has 4 heteroatoms. The van der Waals surface area contributed by atoms with Crippen LogP contribution in [0.25, 0.3) is 21.8 Å². The number of hydrogen-bond donors (Lipinski definition) is 0. The first-order valence-electron chi connectivity index (χ1n) is 6.13. The zero-order valence-corrected chi connectivity index (χ0v) is 13.9. The highest BCUT2D eigenvalue weighted by Gasteiger charge is 2.11. The Kier molecular flexibility index (Phi) is 3.92. The first kappa shape index (κ1) is 13.8. The van der Waals surface area contributed by atoms with Gasteiger partial charge < -0.3 is 0 Å². The summed E-state index contributed by atoms with van der Waals surface area (Å²) >= 11 is 11.1. The zero-order chi connectivity index (χ0) is 14.1. The summed E-state index contributed by atoms with van der Waals surface area (Å²) in [7, 11) is 0. The highest BCUT2D eigenvalue weighted by atomic mass is 79.9. The van der Waals surface area contributed by atoms with Gasteiger partial charge in [0.05, 0.1) is 5.69 Å². The summed E-state index contributed by atoms with van der Waals surface area (Å²) in [6, 6.07) is 16.0. The molecule has 100 valence electrons. The molecule has 0 fully saturated rings. The third-order valence-electron chi connectivity index (χ3n) is 2.99. The number of thiazole rings is 1. The molecule has 0 spiro atoms. The van der Waals surface area contributed by atoms with E-state index >= 15 is 0 Å². The molecule has 0 atom stereocenters. The van der Waals surface area contributed by atoms with Crippen LogP contribution >= 0.6 is 38.9 Å². The van der Waals surface area contributed by atoms with Gasteiger partial charge in [-0.1, -0.05) is 51.8 Å². The van der Waals surface area contributed by atoms with Crippen LogP contribution in [0.5, 0.6) is 0 Å². The first-order chi connectivity index (χ1) is 9.63. The van der Waals surface area contributed by atoms with E-state index in [9.17, 15) is 0 Å². The van der Waals surface area contributed by atoms with E-state index in [4.69, 9.17) is 16.6 Å². The van der Waals surface area contributed by atoms with E-state index in [0.29, 0.717) is 0 Å². The minimum Gasteiger partial charge on any atom is -0.236 e. The molecular weight excluding hydrogens is 354 g/mol. The number of aryl methyl sites for hydroxylation is 1. The van der Waals surface area contributed by atoms with Gasteiger partial charge in [0.2, 0.25) is 0 Å². The summed E-state index contributed by atoms with van der Waals surface area (Å²) in [5.74, 6) is 0. The molecule has 0 bridgehead atoms. The minimum atomic E-state index is 0.744. The van der Waals surface area contributed by atoms with E-state index in [-0.39, 0.29) is 0 Å². The Morgan fingerprint density at radius 2 is 1.80 bits per heavy atom. The standard InChI is InChI=1S/C16H11BrClNS/c1-10-15(11-5-7-14(18)8-6-11)19-16(20-10)12-3-2-4-13(17)9-12/h2-9H,1H3. The normalized spacial score (nSPS) is 10.8. The predicted octanol–water partition coefficient (Wildman–Crippen LogP) is 6.20. The van der Waals surface area contributed by atoms with Gasteiger partial charge in [-0.2, -0.15) is 0 Å². The summed E-state index contributed by atoms with van der Waals surface area (Å²) in [6.45, 7) is 2.10. The molecule has 0 amide bonds. The Labute approximate surface area is 135 Å². The van der Waals surface area contributed by atoms with E-state index in [1.165, 1.54) is 4.88 Å². The minimum absolute atomic E-state index is 0.744. The second-order valence-electron chi connectivity index (χ2n) is 4.44. The Morgan fingerprint density at radius 3 is 2.50 bits per heavy atom. The number of aromatic nitrogens is 1. The number of benzene rings is 2. The number of hydrogen-bond acceptors (Lipinski definition) is 2. The maximum absolute atomic E-state index is 5.93. The van der Waals surface area contributed by atoms with Gasteiger partial charge in [0, 0.05) is 25.5 Å². The van der Waals surface area contributed by atoms with Gasteiger partial charge in [-0.05, 0) is 31.2 Å². The van der Waals surface area contributed by atoms with Crippen molar-refractivity contribution in [1.29, 1.82) is 0 Å². The summed E-state index contributed by atoms with van der Waals surface area (Å²) in [6.07, 6.45) is 0. The number of nitrogens with zero attached hydrogens (tertiary/aromatic N) is 1. The molecule has 1 aromatic heterocycles. The molecule has 0 radical (unpaired) electrons. The van der Waals surface area contributed by atoms with Crippen molar-refractivity contribution in [3.63, 3.8) is 0 Å². The van der Waals surface area contributed by atoms with Crippen molar-refractivity contribution in [2.75, 3.05) is 0 Å². The van der Waals surface area contributed by atoms with Crippen LogP contribution in [-0.2, 0) is 0 Å². The van der Waals surface area contributed by atoms with E-state index in [1.54, 1.807) is 11.3 Å². The van der Waals surface area contributed by atoms with Gasteiger partial charge in [-0.15, -0.1) is 11.3 Å². The van der Waals surface area contributed by atoms with Crippen molar-refractivity contribution in [1.82, 2.24) is 4.98 Å². The van der Waals surface area contributed by atoms with Gasteiger partial charge in [-0.25, -0.2) is 4.98 Å². The predicted molar refractivity (Wildman–Crippen MR) is 90.4 cm³/mol. The molecule has 0 unspecified atom stereocenters. The fourth-order valence-corrected chi connectivity index (χ4v) is 3.47. The molecule has 20 heavy (non-hydrogen) atoms. The molecule has 3 aromatic rings. The molecule has 0 aliphatic heterocycles. The van der Waals surface area contributed by atoms with Crippen LogP contribution in [-0.4, -0.2) is 4.98 Å². The average Bonchev–Trinajstić information content (AvgIpc) is 2.82. The van der Waals surface area contributed by atoms with Crippen LogP contribution in [0.1, 0.15) is 4.88 Å². The van der Waals surface area contributed by atoms with Crippen LogP contribution in [0.2, 0.25) is 5.02 Å². The Bertz CT molecular complexity index is 749. The monoisotopic (exact) mass is 363 g/mol. The van der Waals surface area contributed by atoms with Crippen LogP contribution < -0.4 is 0 Å². The molecule has 0 N–H and O–H groups in total. The topological polar surface area (TPSA) is 12.9 Å². The van der Waals surface area contributed by atoms with Crippen LogP contribution in [0.15, 0.2) is 53.0 Å². The fourth-order valence-electron chi connectivity index (χ4n) is 2.02. The lowest BCUT2D eigenvalue weighted by molar-refractivity contribution is 1.37. The molecule has 3 rings (SSSR count). The first-order valence-corrected chi connectivity index (χ1v) is 8.11. The van der Waals surface area contributed by atoms with Gasteiger partial charge in [0.1, 0.15) is 5.01 Å². The maximum atomic E-state index is 5.93. The summed E-state index contributed by atoms with van der Waals surface area (Å²) < 4.78 is 1.07. The second-order valence-corrected chi connectivity index (χ2v) is 7.00. The summed E-state index contributed by atoms with van der Waals surface area (Å²) in [5, 5.41) is 1.78. The molecule has 2 aromatic carbocycles. The SMILES string of the molecule is Cc1sc(-c2cccc(Br)c2)nc1-c1ccc(Cl)cc1. The second kappa shape index (κ2) is 5.68.